The highest BCUT2D eigenvalue weighted by molar-refractivity contribution is 7.99. The van der Waals surface area contributed by atoms with Crippen LogP contribution in [0, 0.1) is 0 Å². The van der Waals surface area contributed by atoms with Crippen molar-refractivity contribution in [2.24, 2.45) is 5.73 Å². The molecule has 2 amide bonds. The van der Waals surface area contributed by atoms with Crippen molar-refractivity contribution in [3.05, 3.63) is 35.9 Å². The molecule has 2 rings (SSSR count). The summed E-state index contributed by atoms with van der Waals surface area (Å²) in [4.78, 5) is 27.4. The number of benzene rings is 1. The highest BCUT2D eigenvalue weighted by Gasteiger charge is 2.31. The monoisotopic (exact) mass is 307 g/mol. The molecule has 0 spiro atoms. The molecule has 0 bridgehead atoms. The second kappa shape index (κ2) is 7.47. The average molecular weight is 307 g/mol. The lowest BCUT2D eigenvalue weighted by Crippen LogP contribution is -2.46. The summed E-state index contributed by atoms with van der Waals surface area (Å²) in [7, 11) is 1.63. The van der Waals surface area contributed by atoms with Crippen LogP contribution in [0.2, 0.25) is 0 Å². The first-order valence-electron chi connectivity index (χ1n) is 6.99. The summed E-state index contributed by atoms with van der Waals surface area (Å²) >= 11 is 1.90. The standard InChI is InChI=1S/C15H21N3O2S/c1-17(11-13(16)19)15(20)14(12-5-3-2-4-6-12)18-7-9-21-10-8-18/h2-6,14H,7-11H2,1H3,(H2,16,19)/t14-/m1/s1. The Hall–Kier alpha value is -1.53. The van der Waals surface area contributed by atoms with E-state index in [4.69, 9.17) is 5.73 Å². The lowest BCUT2D eigenvalue weighted by molar-refractivity contribution is -0.138. The van der Waals surface area contributed by atoms with Crippen LogP contribution in [0.25, 0.3) is 0 Å². The van der Waals surface area contributed by atoms with Gasteiger partial charge in [-0.1, -0.05) is 30.3 Å². The Kier molecular flexibility index (Phi) is 5.64. The van der Waals surface area contributed by atoms with Crippen molar-refractivity contribution in [1.29, 1.82) is 0 Å². The zero-order valence-electron chi connectivity index (χ0n) is 12.2. The normalized spacial score (nSPS) is 17.2. The fourth-order valence-electron chi connectivity index (χ4n) is 2.50. The molecule has 1 aliphatic rings. The molecule has 1 aromatic rings. The van der Waals surface area contributed by atoms with Gasteiger partial charge in [-0.05, 0) is 5.56 Å². The fraction of sp³-hybridized carbons (Fsp3) is 0.467. The Morgan fingerprint density at radius 3 is 2.48 bits per heavy atom. The Morgan fingerprint density at radius 2 is 1.90 bits per heavy atom. The van der Waals surface area contributed by atoms with E-state index < -0.39 is 5.91 Å². The molecule has 6 heteroatoms. The van der Waals surface area contributed by atoms with E-state index in [1.165, 1.54) is 4.90 Å². The number of primary amides is 1. The van der Waals surface area contributed by atoms with Gasteiger partial charge in [0.05, 0.1) is 6.54 Å². The minimum Gasteiger partial charge on any atom is -0.368 e. The summed E-state index contributed by atoms with van der Waals surface area (Å²) in [5, 5.41) is 0. The molecule has 0 unspecified atom stereocenters. The maximum Gasteiger partial charge on any atom is 0.244 e. The van der Waals surface area contributed by atoms with Crippen LogP contribution in [-0.2, 0) is 9.59 Å². The highest BCUT2D eigenvalue weighted by Crippen LogP contribution is 2.25. The van der Waals surface area contributed by atoms with Gasteiger partial charge in [-0.15, -0.1) is 0 Å². The molecule has 0 radical (unpaired) electrons. The number of hydrogen-bond donors (Lipinski definition) is 1. The Balaban J connectivity index is 2.22. The number of amides is 2. The molecule has 114 valence electrons. The third-order valence-corrected chi connectivity index (χ3v) is 4.47. The van der Waals surface area contributed by atoms with Gasteiger partial charge in [-0.3, -0.25) is 14.5 Å². The van der Waals surface area contributed by atoms with Crippen LogP contribution in [0.4, 0.5) is 0 Å². The van der Waals surface area contributed by atoms with Crippen LogP contribution < -0.4 is 5.73 Å². The van der Waals surface area contributed by atoms with E-state index in [1.807, 2.05) is 42.1 Å². The van der Waals surface area contributed by atoms with Gasteiger partial charge in [0.1, 0.15) is 6.04 Å². The SMILES string of the molecule is CN(CC(N)=O)C(=O)[C@@H](c1ccccc1)N1CCSCC1. The molecule has 0 saturated carbocycles. The van der Waals surface area contributed by atoms with Crippen molar-refractivity contribution in [1.82, 2.24) is 9.80 Å². The van der Waals surface area contributed by atoms with E-state index in [-0.39, 0.29) is 18.5 Å². The van der Waals surface area contributed by atoms with E-state index in [1.54, 1.807) is 7.05 Å². The van der Waals surface area contributed by atoms with Gasteiger partial charge < -0.3 is 10.6 Å². The first kappa shape index (κ1) is 15.9. The van der Waals surface area contributed by atoms with Crippen molar-refractivity contribution >= 4 is 23.6 Å². The Morgan fingerprint density at radius 1 is 1.29 bits per heavy atom. The summed E-state index contributed by atoms with van der Waals surface area (Å²) in [6.07, 6.45) is 0. The summed E-state index contributed by atoms with van der Waals surface area (Å²) in [5.74, 6) is 1.48. The second-order valence-corrected chi connectivity index (χ2v) is 6.35. The molecule has 21 heavy (non-hydrogen) atoms. The molecule has 1 heterocycles. The number of likely N-dealkylation sites (N-methyl/N-ethyl adjacent to an activating group) is 1. The summed E-state index contributed by atoms with van der Waals surface area (Å²) < 4.78 is 0. The molecule has 0 aliphatic carbocycles. The molecule has 2 N–H and O–H groups in total. The van der Waals surface area contributed by atoms with Crippen molar-refractivity contribution in [3.63, 3.8) is 0 Å². The smallest absolute Gasteiger partial charge is 0.244 e. The number of carbonyl (C=O) groups excluding carboxylic acids is 2. The maximum atomic E-state index is 12.7. The summed E-state index contributed by atoms with van der Waals surface area (Å²) in [6.45, 7) is 1.70. The van der Waals surface area contributed by atoms with Gasteiger partial charge in [-0.25, -0.2) is 0 Å². The van der Waals surface area contributed by atoms with Crippen LogP contribution in [0.5, 0.6) is 0 Å². The van der Waals surface area contributed by atoms with Crippen molar-refractivity contribution < 1.29 is 9.59 Å². The topological polar surface area (TPSA) is 66.6 Å². The summed E-state index contributed by atoms with van der Waals surface area (Å²) in [5.41, 5.74) is 6.16. The van der Waals surface area contributed by atoms with E-state index in [2.05, 4.69) is 4.90 Å². The van der Waals surface area contributed by atoms with Crippen molar-refractivity contribution in [2.75, 3.05) is 38.2 Å². The maximum absolute atomic E-state index is 12.7. The molecule has 1 atom stereocenters. The highest BCUT2D eigenvalue weighted by atomic mass is 32.2. The van der Waals surface area contributed by atoms with Gasteiger partial charge >= 0.3 is 0 Å². The number of rotatable bonds is 5. The minimum atomic E-state index is -0.494. The van der Waals surface area contributed by atoms with Crippen LogP contribution in [-0.4, -0.2) is 59.8 Å². The first-order chi connectivity index (χ1) is 10.1. The first-order valence-corrected chi connectivity index (χ1v) is 8.15. The zero-order valence-corrected chi connectivity index (χ0v) is 13.0. The molecule has 1 fully saturated rings. The second-order valence-electron chi connectivity index (χ2n) is 5.12. The third kappa shape index (κ3) is 4.22. The Labute approximate surface area is 129 Å². The van der Waals surface area contributed by atoms with E-state index in [0.717, 1.165) is 30.2 Å². The molecular weight excluding hydrogens is 286 g/mol. The van der Waals surface area contributed by atoms with Gasteiger partial charge in [-0.2, -0.15) is 11.8 Å². The largest absolute Gasteiger partial charge is 0.368 e. The van der Waals surface area contributed by atoms with Crippen LogP contribution in [0.3, 0.4) is 0 Å². The predicted molar refractivity (Wildman–Crippen MR) is 84.9 cm³/mol. The van der Waals surface area contributed by atoms with Gasteiger partial charge in [0.25, 0.3) is 0 Å². The van der Waals surface area contributed by atoms with Crippen molar-refractivity contribution in [2.45, 2.75) is 6.04 Å². The molecule has 5 nitrogen and oxygen atoms in total. The predicted octanol–water partition coefficient (Wildman–Crippen LogP) is 0.720. The third-order valence-electron chi connectivity index (χ3n) is 3.53. The average Bonchev–Trinajstić information content (AvgIpc) is 2.49. The number of nitrogens with zero attached hydrogens (tertiary/aromatic N) is 2. The van der Waals surface area contributed by atoms with Gasteiger partial charge in [0.15, 0.2) is 0 Å². The number of carbonyl (C=O) groups is 2. The molecule has 1 saturated heterocycles. The molecule has 1 aromatic carbocycles. The lowest BCUT2D eigenvalue weighted by atomic mass is 10.0. The summed E-state index contributed by atoms with van der Waals surface area (Å²) in [6, 6.07) is 9.39. The fourth-order valence-corrected chi connectivity index (χ4v) is 3.43. The Bertz CT molecular complexity index is 489. The zero-order chi connectivity index (χ0) is 15.2. The van der Waals surface area contributed by atoms with Crippen LogP contribution in [0.1, 0.15) is 11.6 Å². The lowest BCUT2D eigenvalue weighted by Gasteiger charge is -2.35. The molecule has 0 aromatic heterocycles. The van der Waals surface area contributed by atoms with E-state index in [9.17, 15) is 9.59 Å². The van der Waals surface area contributed by atoms with Crippen LogP contribution >= 0.6 is 11.8 Å². The molecule has 1 aliphatic heterocycles. The van der Waals surface area contributed by atoms with Gasteiger partial charge in [0.2, 0.25) is 11.8 Å². The van der Waals surface area contributed by atoms with Gasteiger partial charge in [0, 0.05) is 31.6 Å². The van der Waals surface area contributed by atoms with E-state index >= 15 is 0 Å². The number of thioether (sulfide) groups is 1. The quantitative estimate of drug-likeness (QED) is 0.870. The number of hydrogen-bond acceptors (Lipinski definition) is 4. The van der Waals surface area contributed by atoms with Crippen molar-refractivity contribution in [3.8, 4) is 0 Å². The van der Waals surface area contributed by atoms with E-state index in [0.29, 0.717) is 0 Å². The van der Waals surface area contributed by atoms with Crippen LogP contribution in [0.15, 0.2) is 30.3 Å². The minimum absolute atomic E-state index is 0.0508. The number of nitrogens with two attached hydrogens (primary N) is 1. The molecular formula is C15H21N3O2S.